The van der Waals surface area contributed by atoms with Crippen LogP contribution in [0.25, 0.3) is 11.4 Å². The van der Waals surface area contributed by atoms with Crippen molar-refractivity contribution in [3.05, 3.63) is 118 Å². The Balaban J connectivity index is 1.88. The van der Waals surface area contributed by atoms with Gasteiger partial charge in [-0.05, 0) is 43.7 Å². The van der Waals surface area contributed by atoms with Gasteiger partial charge >= 0.3 is 0 Å². The van der Waals surface area contributed by atoms with Gasteiger partial charge in [0.25, 0.3) is 5.91 Å². The minimum atomic E-state index is -0.450. The van der Waals surface area contributed by atoms with Gasteiger partial charge in [0.05, 0.1) is 11.4 Å². The number of carbonyl (C=O) groups is 1. The largest absolute Gasteiger partial charge is 0.338 e. The second kappa shape index (κ2) is 8.79. The van der Waals surface area contributed by atoms with Crippen LogP contribution in [0, 0.1) is 13.8 Å². The van der Waals surface area contributed by atoms with Crippen molar-refractivity contribution in [2.45, 2.75) is 20.4 Å². The number of nitrogens with one attached hydrogen (secondary N) is 1. The minimum absolute atomic E-state index is 0.0836. The summed E-state index contributed by atoms with van der Waals surface area (Å²) in [6.45, 7) is 4.44. The van der Waals surface area contributed by atoms with Gasteiger partial charge in [-0.3, -0.25) is 14.6 Å². The maximum atomic E-state index is 13.2. The Morgan fingerprint density at radius 3 is 2.32 bits per heavy atom. The molecule has 0 fully saturated rings. The van der Waals surface area contributed by atoms with E-state index in [1.54, 1.807) is 18.3 Å². The molecular formula is C26H23N3O2. The van der Waals surface area contributed by atoms with Gasteiger partial charge in [0, 0.05) is 30.2 Å². The third-order valence-corrected chi connectivity index (χ3v) is 5.15. The molecule has 0 radical (unpaired) electrons. The highest BCUT2D eigenvalue weighted by Crippen LogP contribution is 2.24. The first-order valence-corrected chi connectivity index (χ1v) is 10.1. The standard InChI is InChI=1S/C26H23N3O2/c1-18-11-13-20(14-12-18)17-29-19(2)16-23(30)24(25(29)22-10-6-7-15-27-22)26(31)28-21-8-4-3-5-9-21/h3-16H,17H2,1-2H3,(H,28,31). The molecule has 0 atom stereocenters. The summed E-state index contributed by atoms with van der Waals surface area (Å²) in [5.41, 5.74) is 4.49. The number of amides is 1. The second-order valence-corrected chi connectivity index (χ2v) is 7.48. The van der Waals surface area contributed by atoms with Crippen LogP contribution in [0.3, 0.4) is 0 Å². The van der Waals surface area contributed by atoms with E-state index in [-0.39, 0.29) is 11.0 Å². The van der Waals surface area contributed by atoms with E-state index < -0.39 is 5.91 Å². The summed E-state index contributed by atoms with van der Waals surface area (Å²) < 4.78 is 1.98. The molecular weight excluding hydrogens is 386 g/mol. The topological polar surface area (TPSA) is 64.0 Å². The molecule has 0 saturated carbocycles. The molecule has 2 heterocycles. The lowest BCUT2D eigenvalue weighted by Gasteiger charge is -2.20. The van der Waals surface area contributed by atoms with Gasteiger partial charge in [-0.2, -0.15) is 0 Å². The number of pyridine rings is 2. The van der Waals surface area contributed by atoms with Crippen LogP contribution in [0.2, 0.25) is 0 Å². The van der Waals surface area contributed by atoms with Gasteiger partial charge in [-0.1, -0.05) is 54.1 Å². The molecule has 0 aliphatic heterocycles. The van der Waals surface area contributed by atoms with E-state index in [0.717, 1.165) is 11.3 Å². The first-order valence-electron chi connectivity index (χ1n) is 10.1. The van der Waals surface area contributed by atoms with E-state index in [2.05, 4.69) is 34.6 Å². The second-order valence-electron chi connectivity index (χ2n) is 7.48. The summed E-state index contributed by atoms with van der Waals surface area (Å²) in [4.78, 5) is 30.7. The number of para-hydroxylation sites is 1. The van der Waals surface area contributed by atoms with Gasteiger partial charge in [0.1, 0.15) is 5.56 Å². The molecule has 4 aromatic rings. The average Bonchev–Trinajstić information content (AvgIpc) is 2.78. The molecule has 5 nitrogen and oxygen atoms in total. The van der Waals surface area contributed by atoms with Crippen LogP contribution in [-0.4, -0.2) is 15.5 Å². The van der Waals surface area contributed by atoms with Crippen molar-refractivity contribution in [1.82, 2.24) is 9.55 Å². The molecule has 2 aromatic heterocycles. The number of aromatic nitrogens is 2. The monoisotopic (exact) mass is 409 g/mol. The third kappa shape index (κ3) is 4.46. The molecule has 31 heavy (non-hydrogen) atoms. The number of aryl methyl sites for hydroxylation is 2. The van der Waals surface area contributed by atoms with E-state index in [1.807, 2.05) is 54.8 Å². The summed E-state index contributed by atoms with van der Waals surface area (Å²) >= 11 is 0. The number of hydrogen-bond donors (Lipinski definition) is 1. The van der Waals surface area contributed by atoms with Crippen LogP contribution in [0.5, 0.6) is 0 Å². The Bertz CT molecular complexity index is 1260. The average molecular weight is 409 g/mol. The Kier molecular flexibility index (Phi) is 5.76. The van der Waals surface area contributed by atoms with E-state index >= 15 is 0 Å². The fourth-order valence-electron chi connectivity index (χ4n) is 3.55. The first-order chi connectivity index (χ1) is 15.0. The lowest BCUT2D eigenvalue weighted by molar-refractivity contribution is 0.102. The van der Waals surface area contributed by atoms with Crippen LogP contribution >= 0.6 is 0 Å². The van der Waals surface area contributed by atoms with Crippen LogP contribution in [0.1, 0.15) is 27.2 Å². The zero-order valence-corrected chi connectivity index (χ0v) is 17.5. The summed E-state index contributed by atoms with van der Waals surface area (Å²) in [6.07, 6.45) is 1.66. The molecule has 0 bridgehead atoms. The Morgan fingerprint density at radius 1 is 0.935 bits per heavy atom. The lowest BCUT2D eigenvalue weighted by atomic mass is 10.1. The normalized spacial score (nSPS) is 10.6. The smallest absolute Gasteiger partial charge is 0.261 e. The summed E-state index contributed by atoms with van der Waals surface area (Å²) in [6, 6.07) is 24.3. The highest BCUT2D eigenvalue weighted by Gasteiger charge is 2.22. The maximum absolute atomic E-state index is 13.2. The van der Waals surface area contributed by atoms with Crippen molar-refractivity contribution in [3.8, 4) is 11.4 Å². The van der Waals surface area contributed by atoms with E-state index in [0.29, 0.717) is 23.6 Å². The number of carbonyl (C=O) groups excluding carboxylic acids is 1. The molecule has 0 saturated heterocycles. The van der Waals surface area contributed by atoms with E-state index in [4.69, 9.17) is 0 Å². The van der Waals surface area contributed by atoms with Gasteiger partial charge in [0.15, 0.2) is 5.43 Å². The molecule has 4 rings (SSSR count). The number of rotatable bonds is 5. The molecule has 1 amide bonds. The Morgan fingerprint density at radius 2 is 1.65 bits per heavy atom. The van der Waals surface area contributed by atoms with Crippen LogP contribution < -0.4 is 10.7 Å². The lowest BCUT2D eigenvalue weighted by Crippen LogP contribution is -2.27. The summed E-state index contributed by atoms with van der Waals surface area (Å²) in [5.74, 6) is -0.450. The first kappa shape index (κ1) is 20.3. The molecule has 0 spiro atoms. The van der Waals surface area contributed by atoms with Crippen molar-refractivity contribution in [1.29, 1.82) is 0 Å². The Labute approximate surface area is 181 Å². The fourth-order valence-corrected chi connectivity index (χ4v) is 3.55. The van der Waals surface area contributed by atoms with Crippen LogP contribution in [0.15, 0.2) is 89.9 Å². The summed E-state index contributed by atoms with van der Waals surface area (Å²) in [5, 5.41) is 2.85. The van der Waals surface area contributed by atoms with E-state index in [1.165, 1.54) is 11.6 Å². The molecule has 5 heteroatoms. The van der Waals surface area contributed by atoms with Gasteiger partial charge < -0.3 is 9.88 Å². The predicted molar refractivity (Wildman–Crippen MR) is 123 cm³/mol. The van der Waals surface area contributed by atoms with Crippen molar-refractivity contribution in [3.63, 3.8) is 0 Å². The molecule has 1 N–H and O–H groups in total. The quantitative estimate of drug-likeness (QED) is 0.514. The Hall–Kier alpha value is -3.99. The number of benzene rings is 2. The van der Waals surface area contributed by atoms with Gasteiger partial charge in [-0.15, -0.1) is 0 Å². The molecule has 0 aliphatic rings. The number of nitrogens with zero attached hydrogens (tertiary/aromatic N) is 2. The highest BCUT2D eigenvalue weighted by molar-refractivity contribution is 6.08. The van der Waals surface area contributed by atoms with Crippen LogP contribution in [-0.2, 0) is 6.54 Å². The van der Waals surface area contributed by atoms with Crippen molar-refractivity contribution < 1.29 is 4.79 Å². The van der Waals surface area contributed by atoms with Crippen molar-refractivity contribution >= 4 is 11.6 Å². The summed E-state index contributed by atoms with van der Waals surface area (Å²) in [7, 11) is 0. The number of hydrogen-bond acceptors (Lipinski definition) is 3. The van der Waals surface area contributed by atoms with E-state index in [9.17, 15) is 9.59 Å². The van der Waals surface area contributed by atoms with Gasteiger partial charge in [-0.25, -0.2) is 0 Å². The molecule has 0 unspecified atom stereocenters. The fraction of sp³-hybridized carbons (Fsp3) is 0.115. The SMILES string of the molecule is Cc1ccc(Cn2c(C)cc(=O)c(C(=O)Nc3ccccc3)c2-c2ccccn2)cc1. The molecule has 154 valence electrons. The number of anilines is 1. The third-order valence-electron chi connectivity index (χ3n) is 5.15. The minimum Gasteiger partial charge on any atom is -0.338 e. The zero-order valence-electron chi connectivity index (χ0n) is 17.5. The predicted octanol–water partition coefficient (Wildman–Crippen LogP) is 4.83. The van der Waals surface area contributed by atoms with Crippen molar-refractivity contribution in [2.24, 2.45) is 0 Å². The highest BCUT2D eigenvalue weighted by atomic mass is 16.2. The van der Waals surface area contributed by atoms with Crippen molar-refractivity contribution in [2.75, 3.05) is 5.32 Å². The van der Waals surface area contributed by atoms with Gasteiger partial charge in [0.2, 0.25) is 0 Å². The molecule has 2 aromatic carbocycles. The zero-order chi connectivity index (χ0) is 21.8. The maximum Gasteiger partial charge on any atom is 0.261 e. The molecule has 0 aliphatic carbocycles. The van der Waals surface area contributed by atoms with Crippen LogP contribution in [0.4, 0.5) is 5.69 Å².